The van der Waals surface area contributed by atoms with Gasteiger partial charge in [0.15, 0.2) is 0 Å². The number of hydrogen-bond acceptors (Lipinski definition) is 2. The molecule has 1 aromatic heterocycles. The number of carbonyl (C=O) groups excluding carboxylic acids is 1. The highest BCUT2D eigenvalue weighted by Gasteiger charge is 2.70. The van der Waals surface area contributed by atoms with E-state index in [0.717, 1.165) is 17.8 Å². The Morgan fingerprint density at radius 2 is 1.95 bits per heavy atom. The Labute approximate surface area is 128 Å². The first-order valence-corrected chi connectivity index (χ1v) is 7.88. The molecule has 0 aromatic carbocycles. The highest BCUT2D eigenvalue weighted by Crippen LogP contribution is 2.71. The first-order chi connectivity index (χ1) is 9.11. The van der Waals surface area contributed by atoms with E-state index in [4.69, 9.17) is 23.2 Å². The van der Waals surface area contributed by atoms with E-state index in [1.807, 2.05) is 13.8 Å². The van der Waals surface area contributed by atoms with Gasteiger partial charge >= 0.3 is 0 Å². The zero-order valence-electron chi connectivity index (χ0n) is 12.1. The van der Waals surface area contributed by atoms with E-state index in [-0.39, 0.29) is 5.91 Å². The molecule has 20 heavy (non-hydrogen) atoms. The third-order valence-corrected chi connectivity index (χ3v) is 7.00. The molecule has 3 atom stereocenters. The molecule has 0 saturated heterocycles. The fourth-order valence-electron chi connectivity index (χ4n) is 4.13. The van der Waals surface area contributed by atoms with Gasteiger partial charge in [-0.3, -0.25) is 4.79 Å². The number of fused-ring (bicyclic) bond motifs is 3. The lowest BCUT2D eigenvalue weighted by molar-refractivity contribution is 0.0802. The molecule has 0 radical (unpaired) electrons. The van der Waals surface area contributed by atoms with E-state index < -0.39 is 9.75 Å². The van der Waals surface area contributed by atoms with Gasteiger partial charge in [0.1, 0.15) is 4.33 Å². The number of alkyl halides is 2. The van der Waals surface area contributed by atoms with Crippen LogP contribution in [-0.4, -0.2) is 20.0 Å². The fourth-order valence-corrected chi connectivity index (χ4v) is 4.82. The Morgan fingerprint density at radius 3 is 2.50 bits per heavy atom. The summed E-state index contributed by atoms with van der Waals surface area (Å²) in [5.41, 5.74) is 3.06. The van der Waals surface area contributed by atoms with Crippen LogP contribution in [0.4, 0.5) is 0 Å². The summed E-state index contributed by atoms with van der Waals surface area (Å²) in [6.07, 6.45) is 1.46. The number of aromatic nitrogens is 2. The summed E-state index contributed by atoms with van der Waals surface area (Å²) >= 11 is 12.3. The minimum atomic E-state index is -0.933. The van der Waals surface area contributed by atoms with Gasteiger partial charge < -0.3 is 0 Å². The molecule has 0 N–H and O–H groups in total. The van der Waals surface area contributed by atoms with Gasteiger partial charge in [0.05, 0.1) is 16.8 Å². The molecule has 0 bridgehead atoms. The Morgan fingerprint density at radius 1 is 1.35 bits per heavy atom. The van der Waals surface area contributed by atoms with E-state index in [1.54, 1.807) is 4.68 Å². The van der Waals surface area contributed by atoms with Crippen LogP contribution in [0, 0.1) is 23.7 Å². The Balaban J connectivity index is 1.75. The van der Waals surface area contributed by atoms with Crippen LogP contribution in [0.2, 0.25) is 0 Å². The van der Waals surface area contributed by atoms with Gasteiger partial charge in [-0.05, 0) is 43.9 Å². The van der Waals surface area contributed by atoms with Crippen molar-refractivity contribution in [3.8, 4) is 0 Å². The van der Waals surface area contributed by atoms with Crippen LogP contribution in [-0.2, 0) is 6.42 Å². The number of aryl methyl sites for hydroxylation is 1. The van der Waals surface area contributed by atoms with Crippen LogP contribution >= 0.6 is 23.2 Å². The second-order valence-corrected chi connectivity index (χ2v) is 8.97. The van der Waals surface area contributed by atoms with Crippen molar-refractivity contribution in [1.29, 1.82) is 0 Å². The smallest absolute Gasteiger partial charge is 0.256 e. The largest absolute Gasteiger partial charge is 0.272 e. The first kappa shape index (κ1) is 13.1. The lowest BCUT2D eigenvalue weighted by Gasteiger charge is -2.14. The lowest BCUT2D eigenvalue weighted by atomic mass is 9.98. The van der Waals surface area contributed by atoms with Crippen LogP contribution in [0.15, 0.2) is 0 Å². The van der Waals surface area contributed by atoms with Crippen LogP contribution < -0.4 is 0 Å². The predicted octanol–water partition coefficient (Wildman–Crippen LogP) is 3.71. The van der Waals surface area contributed by atoms with Gasteiger partial charge in [-0.15, -0.1) is 23.2 Å². The molecule has 3 aliphatic rings. The summed E-state index contributed by atoms with van der Waals surface area (Å²) in [6.45, 7) is 8.44. The van der Waals surface area contributed by atoms with Gasteiger partial charge in [0.2, 0.25) is 0 Å². The Bertz CT molecular complexity index is 661. The summed E-state index contributed by atoms with van der Waals surface area (Å²) in [7, 11) is 0. The number of carbonyl (C=O) groups is 1. The second-order valence-electron chi connectivity index (χ2n) is 7.49. The molecule has 5 heteroatoms. The van der Waals surface area contributed by atoms with Crippen molar-refractivity contribution in [3.05, 3.63) is 17.0 Å². The molecule has 3 nitrogen and oxygen atoms in total. The maximum absolute atomic E-state index is 12.7. The van der Waals surface area contributed by atoms with Crippen LogP contribution in [0.5, 0.6) is 0 Å². The topological polar surface area (TPSA) is 34.9 Å². The number of hydrogen-bond donors (Lipinski definition) is 0. The lowest BCUT2D eigenvalue weighted by Crippen LogP contribution is -2.27. The molecular formula is C15H18Cl2N2O. The summed E-state index contributed by atoms with van der Waals surface area (Å²) in [6, 6.07) is 0. The molecule has 2 saturated carbocycles. The normalized spacial score (nSPS) is 38.3. The Kier molecular flexibility index (Phi) is 2.15. The summed E-state index contributed by atoms with van der Waals surface area (Å²) in [5, 5.41) is 4.50. The fraction of sp³-hybridized carbons (Fsp3) is 0.733. The summed E-state index contributed by atoms with van der Waals surface area (Å²) in [4.78, 5) is 12.7. The average Bonchev–Trinajstić information content (AvgIpc) is 2.88. The van der Waals surface area contributed by atoms with Gasteiger partial charge in [-0.1, -0.05) is 13.8 Å². The number of rotatable bonds is 1. The van der Waals surface area contributed by atoms with Crippen molar-refractivity contribution in [1.82, 2.24) is 9.78 Å². The van der Waals surface area contributed by atoms with Gasteiger partial charge in [0.25, 0.3) is 5.91 Å². The van der Waals surface area contributed by atoms with Gasteiger partial charge in [0, 0.05) is 5.56 Å². The van der Waals surface area contributed by atoms with Crippen molar-refractivity contribution in [2.24, 2.45) is 16.7 Å². The highest BCUT2D eigenvalue weighted by atomic mass is 35.5. The van der Waals surface area contributed by atoms with E-state index in [2.05, 4.69) is 18.9 Å². The maximum Gasteiger partial charge on any atom is 0.256 e. The monoisotopic (exact) mass is 312 g/mol. The standard InChI is InChI=1S/C15H18Cl2N2O/c1-7-10-9(5-8-11(10)13(8,2)3)19(18-7)12(20)14(4)6-15(14,16)17/h8,11H,5-6H2,1-4H3/t8-,11+,14+/m0/s1. The van der Waals surface area contributed by atoms with Crippen molar-refractivity contribution in [2.45, 2.75) is 50.8 Å². The molecule has 1 aromatic rings. The average molecular weight is 313 g/mol. The van der Waals surface area contributed by atoms with Crippen molar-refractivity contribution < 1.29 is 4.79 Å². The molecule has 0 amide bonds. The molecule has 4 rings (SSSR count). The third-order valence-electron chi connectivity index (χ3n) is 5.90. The van der Waals surface area contributed by atoms with Crippen LogP contribution in [0.1, 0.15) is 54.9 Å². The predicted molar refractivity (Wildman–Crippen MR) is 78.5 cm³/mol. The van der Waals surface area contributed by atoms with Crippen molar-refractivity contribution in [2.75, 3.05) is 0 Å². The number of halogens is 2. The molecule has 2 fully saturated rings. The zero-order valence-corrected chi connectivity index (χ0v) is 13.6. The molecule has 0 aliphatic heterocycles. The summed E-state index contributed by atoms with van der Waals surface area (Å²) < 4.78 is 0.664. The van der Waals surface area contributed by atoms with Gasteiger partial charge in [-0.2, -0.15) is 5.10 Å². The maximum atomic E-state index is 12.7. The molecule has 0 spiro atoms. The minimum absolute atomic E-state index is 0.0500. The van der Waals surface area contributed by atoms with E-state index in [9.17, 15) is 4.79 Å². The second kappa shape index (κ2) is 3.27. The molecule has 3 aliphatic carbocycles. The summed E-state index contributed by atoms with van der Waals surface area (Å²) in [5.74, 6) is 1.19. The highest BCUT2D eigenvalue weighted by molar-refractivity contribution is 6.53. The molecule has 108 valence electrons. The zero-order chi connectivity index (χ0) is 14.7. The van der Waals surface area contributed by atoms with Crippen molar-refractivity contribution >= 4 is 29.1 Å². The minimum Gasteiger partial charge on any atom is -0.272 e. The van der Waals surface area contributed by atoms with E-state index >= 15 is 0 Å². The molecular weight excluding hydrogens is 295 g/mol. The van der Waals surface area contributed by atoms with Gasteiger partial charge in [-0.25, -0.2) is 4.68 Å². The van der Waals surface area contributed by atoms with E-state index in [1.165, 1.54) is 5.56 Å². The first-order valence-electron chi connectivity index (χ1n) is 7.12. The SMILES string of the molecule is Cc1nn(C(=O)[C@@]2(C)CC2(Cl)Cl)c2c1[C@H]1[C@H](C2)C1(C)C. The molecule has 1 heterocycles. The molecule has 0 unspecified atom stereocenters. The quantitative estimate of drug-likeness (QED) is 0.741. The van der Waals surface area contributed by atoms with Crippen LogP contribution in [0.3, 0.4) is 0 Å². The third kappa shape index (κ3) is 1.29. The van der Waals surface area contributed by atoms with E-state index in [0.29, 0.717) is 23.7 Å². The number of nitrogens with zero attached hydrogens (tertiary/aromatic N) is 2. The Hall–Kier alpha value is -0.540. The van der Waals surface area contributed by atoms with Crippen molar-refractivity contribution in [3.63, 3.8) is 0 Å². The van der Waals surface area contributed by atoms with Crippen LogP contribution in [0.25, 0.3) is 0 Å².